The van der Waals surface area contributed by atoms with Gasteiger partial charge in [0, 0.05) is 38.3 Å². The first-order valence-electron chi connectivity index (χ1n) is 11.3. The summed E-state index contributed by atoms with van der Waals surface area (Å²) in [6.45, 7) is 13.9. The predicted octanol–water partition coefficient (Wildman–Crippen LogP) is 2.25. The lowest BCUT2D eigenvalue weighted by Gasteiger charge is -2.27. The average Bonchev–Trinajstić information content (AvgIpc) is 3.23. The molecule has 0 aromatic heterocycles. The maximum Gasteiger partial charge on any atom is 0.191 e. The fourth-order valence-electron chi connectivity index (χ4n) is 3.62. The Hall–Kier alpha value is -1.83. The van der Waals surface area contributed by atoms with E-state index >= 15 is 0 Å². The first-order chi connectivity index (χ1) is 14.6. The van der Waals surface area contributed by atoms with Crippen LogP contribution in [-0.4, -0.2) is 75.1 Å². The Morgan fingerprint density at radius 2 is 1.97 bits per heavy atom. The highest BCUT2D eigenvalue weighted by Crippen LogP contribution is 2.31. The molecule has 0 amide bonds. The first-order valence-corrected chi connectivity index (χ1v) is 11.3. The summed E-state index contributed by atoms with van der Waals surface area (Å²) in [6, 6.07) is 8.16. The van der Waals surface area contributed by atoms with Gasteiger partial charge in [0.2, 0.25) is 0 Å². The summed E-state index contributed by atoms with van der Waals surface area (Å²) in [5.41, 5.74) is 1.13. The molecule has 1 unspecified atom stereocenters. The number of hydrogen-bond donors (Lipinski definition) is 3. The molecule has 7 nitrogen and oxygen atoms in total. The number of aliphatic hydroxyl groups excluding tert-OH is 1. The fraction of sp³-hybridized carbons (Fsp3) is 0.696. The van der Waals surface area contributed by atoms with Gasteiger partial charge in [0.15, 0.2) is 5.96 Å². The van der Waals surface area contributed by atoms with Gasteiger partial charge in [-0.3, -0.25) is 0 Å². The molecule has 0 bridgehead atoms. The van der Waals surface area contributed by atoms with Gasteiger partial charge >= 0.3 is 0 Å². The Kier molecular flexibility index (Phi) is 11.0. The molecule has 0 radical (unpaired) electrons. The Balaban J connectivity index is 1.84. The molecular weight excluding hydrogens is 380 g/mol. The van der Waals surface area contributed by atoms with E-state index in [4.69, 9.17) is 14.5 Å². The summed E-state index contributed by atoms with van der Waals surface area (Å²) >= 11 is 0. The topological polar surface area (TPSA) is 78.4 Å². The molecule has 1 atom stereocenters. The number of nitrogens with one attached hydrogen (secondary N) is 2. The molecule has 1 saturated heterocycles. The zero-order valence-electron chi connectivity index (χ0n) is 19.0. The fourth-order valence-corrected chi connectivity index (χ4v) is 3.62. The Morgan fingerprint density at radius 1 is 1.20 bits per heavy atom. The second-order valence-corrected chi connectivity index (χ2v) is 7.84. The molecule has 0 aliphatic carbocycles. The predicted molar refractivity (Wildman–Crippen MR) is 122 cm³/mol. The first kappa shape index (κ1) is 24.4. The van der Waals surface area contributed by atoms with Gasteiger partial charge in [-0.25, -0.2) is 4.99 Å². The number of guanidine groups is 1. The summed E-state index contributed by atoms with van der Waals surface area (Å²) in [7, 11) is 0. The van der Waals surface area contributed by atoms with E-state index in [-0.39, 0.29) is 12.0 Å². The van der Waals surface area contributed by atoms with Crippen molar-refractivity contribution in [2.45, 2.75) is 40.2 Å². The lowest BCUT2D eigenvalue weighted by molar-refractivity contribution is 0.127. The third-order valence-corrected chi connectivity index (χ3v) is 5.72. The van der Waals surface area contributed by atoms with E-state index in [1.54, 1.807) is 0 Å². The van der Waals surface area contributed by atoms with Gasteiger partial charge in [-0.15, -0.1) is 0 Å². The summed E-state index contributed by atoms with van der Waals surface area (Å²) in [4.78, 5) is 7.06. The highest BCUT2D eigenvalue weighted by molar-refractivity contribution is 5.79. The summed E-state index contributed by atoms with van der Waals surface area (Å²) in [5, 5.41) is 16.1. The maximum absolute atomic E-state index is 9.40. The standard InChI is InChI=1S/C23H40N4O3/c1-4-24-22(26-18-23(11-14-28)12-15-29-19-23)25-17-20-7-9-21(10-8-20)30-16-13-27(5-2)6-3/h7-10,28H,4-6,11-19H2,1-3H3,(H2,24,25,26). The molecular formula is C23H40N4O3. The number of likely N-dealkylation sites (N-methyl/N-ethyl adjacent to an activating group) is 1. The van der Waals surface area contributed by atoms with Crippen LogP contribution < -0.4 is 15.4 Å². The van der Waals surface area contributed by atoms with Crippen LogP contribution in [0, 0.1) is 5.41 Å². The van der Waals surface area contributed by atoms with Crippen molar-refractivity contribution in [2.75, 3.05) is 59.2 Å². The monoisotopic (exact) mass is 420 g/mol. The zero-order valence-corrected chi connectivity index (χ0v) is 19.0. The Labute approximate surface area is 181 Å². The smallest absolute Gasteiger partial charge is 0.191 e. The van der Waals surface area contributed by atoms with Crippen LogP contribution in [0.4, 0.5) is 0 Å². The van der Waals surface area contributed by atoms with Crippen LogP contribution in [-0.2, 0) is 11.3 Å². The third kappa shape index (κ3) is 8.13. The highest BCUT2D eigenvalue weighted by Gasteiger charge is 2.34. The molecule has 170 valence electrons. The van der Waals surface area contributed by atoms with E-state index in [2.05, 4.69) is 48.4 Å². The van der Waals surface area contributed by atoms with Crippen LogP contribution in [0.1, 0.15) is 39.2 Å². The average molecular weight is 421 g/mol. The molecule has 0 spiro atoms. The molecule has 1 fully saturated rings. The number of hydrogen-bond acceptors (Lipinski definition) is 5. The molecule has 3 N–H and O–H groups in total. The van der Waals surface area contributed by atoms with Gasteiger partial charge in [-0.05, 0) is 50.6 Å². The van der Waals surface area contributed by atoms with Gasteiger partial charge < -0.3 is 30.1 Å². The van der Waals surface area contributed by atoms with Crippen LogP contribution in [0.25, 0.3) is 0 Å². The van der Waals surface area contributed by atoms with Crippen LogP contribution >= 0.6 is 0 Å². The largest absolute Gasteiger partial charge is 0.492 e. The molecule has 1 aromatic rings. The SMILES string of the molecule is CCNC(=NCc1ccc(OCCN(CC)CC)cc1)NCC1(CCO)CCOC1. The maximum atomic E-state index is 9.40. The number of ether oxygens (including phenoxy) is 2. The van der Waals surface area contributed by atoms with E-state index in [0.717, 1.165) is 69.4 Å². The van der Waals surface area contributed by atoms with Crippen molar-refractivity contribution >= 4 is 5.96 Å². The Morgan fingerprint density at radius 3 is 2.57 bits per heavy atom. The van der Waals surface area contributed by atoms with Crippen molar-refractivity contribution in [1.29, 1.82) is 0 Å². The molecule has 1 aliphatic rings. The van der Waals surface area contributed by atoms with Crippen molar-refractivity contribution < 1.29 is 14.6 Å². The molecule has 1 heterocycles. The summed E-state index contributed by atoms with van der Waals surface area (Å²) in [5.74, 6) is 1.69. The number of rotatable bonds is 13. The minimum atomic E-state index is -0.00490. The second kappa shape index (κ2) is 13.5. The summed E-state index contributed by atoms with van der Waals surface area (Å²) in [6.07, 6.45) is 1.71. The zero-order chi connectivity index (χ0) is 21.7. The second-order valence-electron chi connectivity index (χ2n) is 7.84. The minimum absolute atomic E-state index is 0.00490. The Bertz CT molecular complexity index is 611. The number of aliphatic hydroxyl groups is 1. The van der Waals surface area contributed by atoms with Crippen LogP contribution in [0.5, 0.6) is 5.75 Å². The third-order valence-electron chi connectivity index (χ3n) is 5.72. The molecule has 2 rings (SSSR count). The lowest BCUT2D eigenvalue weighted by Crippen LogP contribution is -2.44. The van der Waals surface area contributed by atoms with Crippen LogP contribution in [0.3, 0.4) is 0 Å². The molecule has 1 aliphatic heterocycles. The van der Waals surface area contributed by atoms with Crippen molar-refractivity contribution in [3.8, 4) is 5.75 Å². The highest BCUT2D eigenvalue weighted by atomic mass is 16.5. The van der Waals surface area contributed by atoms with Crippen molar-refractivity contribution in [1.82, 2.24) is 15.5 Å². The van der Waals surface area contributed by atoms with E-state index in [1.807, 2.05) is 12.1 Å². The van der Waals surface area contributed by atoms with Crippen LogP contribution in [0.15, 0.2) is 29.3 Å². The van der Waals surface area contributed by atoms with Gasteiger partial charge in [0.1, 0.15) is 12.4 Å². The van der Waals surface area contributed by atoms with Gasteiger partial charge in [-0.1, -0.05) is 26.0 Å². The van der Waals surface area contributed by atoms with Gasteiger partial charge in [-0.2, -0.15) is 0 Å². The van der Waals surface area contributed by atoms with Crippen LogP contribution in [0.2, 0.25) is 0 Å². The van der Waals surface area contributed by atoms with E-state index in [9.17, 15) is 5.11 Å². The van der Waals surface area contributed by atoms with E-state index in [1.165, 1.54) is 0 Å². The van der Waals surface area contributed by atoms with Crippen molar-refractivity contribution in [3.63, 3.8) is 0 Å². The minimum Gasteiger partial charge on any atom is -0.492 e. The summed E-state index contributed by atoms with van der Waals surface area (Å²) < 4.78 is 11.4. The number of aliphatic imine (C=N–C) groups is 1. The van der Waals surface area contributed by atoms with E-state index < -0.39 is 0 Å². The molecule has 30 heavy (non-hydrogen) atoms. The van der Waals surface area contributed by atoms with Gasteiger partial charge in [0.25, 0.3) is 0 Å². The van der Waals surface area contributed by atoms with Crippen molar-refractivity contribution in [2.24, 2.45) is 10.4 Å². The van der Waals surface area contributed by atoms with E-state index in [0.29, 0.717) is 19.8 Å². The normalized spacial score (nSPS) is 19.3. The van der Waals surface area contributed by atoms with Gasteiger partial charge in [0.05, 0.1) is 13.2 Å². The lowest BCUT2D eigenvalue weighted by atomic mass is 9.84. The molecule has 7 heteroatoms. The molecule has 0 saturated carbocycles. The quantitative estimate of drug-likeness (QED) is 0.336. The molecule has 1 aromatic carbocycles. The number of benzene rings is 1. The van der Waals surface area contributed by atoms with Crippen molar-refractivity contribution in [3.05, 3.63) is 29.8 Å². The number of nitrogens with zero attached hydrogens (tertiary/aromatic N) is 2.